The SMILES string of the molecule is CC(C)[C@H](C[C@H](O)[C@@H](N)CN1CC(=O)N(c2ccccc2Cl)CC1(C)C)C(=O)Nc1ccccn1. The average molecular weight is 502 g/mol. The molecule has 1 aliphatic rings. The Labute approximate surface area is 212 Å². The van der Waals surface area contributed by atoms with Crippen LogP contribution in [0.3, 0.4) is 0 Å². The summed E-state index contributed by atoms with van der Waals surface area (Å²) in [5.41, 5.74) is 6.70. The first kappa shape index (κ1) is 27.1. The highest BCUT2D eigenvalue weighted by Gasteiger charge is 2.40. The van der Waals surface area contributed by atoms with Crippen LogP contribution in [0.1, 0.15) is 34.1 Å². The zero-order valence-corrected chi connectivity index (χ0v) is 21.6. The van der Waals surface area contributed by atoms with E-state index in [1.807, 2.05) is 50.8 Å². The van der Waals surface area contributed by atoms with E-state index < -0.39 is 23.6 Å². The van der Waals surface area contributed by atoms with Gasteiger partial charge in [-0.05, 0) is 50.5 Å². The summed E-state index contributed by atoms with van der Waals surface area (Å²) in [6, 6.07) is 12.0. The van der Waals surface area contributed by atoms with Crippen molar-refractivity contribution in [3.05, 3.63) is 53.7 Å². The first-order chi connectivity index (χ1) is 16.5. The standard InChI is InChI=1S/C26H36ClN5O3/c1-17(2)18(25(35)30-23-11-7-8-12-29-23)13-22(33)20(28)14-31-15-24(34)32(16-26(31,3)4)21-10-6-5-9-19(21)27/h5-12,17-18,20,22,33H,13-16,28H2,1-4H3,(H,29,30,35)/t18-,20-,22-/m0/s1. The summed E-state index contributed by atoms with van der Waals surface area (Å²) < 4.78 is 0. The highest BCUT2D eigenvalue weighted by molar-refractivity contribution is 6.33. The van der Waals surface area contributed by atoms with Crippen LogP contribution in [-0.4, -0.2) is 64.1 Å². The smallest absolute Gasteiger partial charge is 0.241 e. The topological polar surface area (TPSA) is 112 Å². The number of aliphatic hydroxyl groups is 1. The predicted molar refractivity (Wildman–Crippen MR) is 139 cm³/mol. The lowest BCUT2D eigenvalue weighted by molar-refractivity contribution is -0.124. The fourth-order valence-corrected chi connectivity index (χ4v) is 4.63. The Morgan fingerprint density at radius 1 is 1.23 bits per heavy atom. The molecule has 3 atom stereocenters. The third-order valence-electron chi connectivity index (χ3n) is 6.65. The van der Waals surface area contributed by atoms with Crippen molar-refractivity contribution in [1.29, 1.82) is 0 Å². The van der Waals surface area contributed by atoms with Gasteiger partial charge in [0.05, 0.1) is 23.4 Å². The van der Waals surface area contributed by atoms with Gasteiger partial charge in [-0.25, -0.2) is 4.98 Å². The monoisotopic (exact) mass is 501 g/mol. The molecule has 1 fully saturated rings. The van der Waals surface area contributed by atoms with E-state index in [0.717, 1.165) is 0 Å². The number of carbonyl (C=O) groups is 2. The summed E-state index contributed by atoms with van der Waals surface area (Å²) >= 11 is 6.33. The first-order valence-electron chi connectivity index (χ1n) is 11.9. The predicted octanol–water partition coefficient (Wildman–Crippen LogP) is 3.15. The van der Waals surface area contributed by atoms with Gasteiger partial charge < -0.3 is 21.1 Å². The Morgan fingerprint density at radius 3 is 2.54 bits per heavy atom. The van der Waals surface area contributed by atoms with E-state index in [4.69, 9.17) is 17.3 Å². The van der Waals surface area contributed by atoms with E-state index in [1.165, 1.54) is 0 Å². The van der Waals surface area contributed by atoms with E-state index in [2.05, 4.69) is 10.3 Å². The lowest BCUT2D eigenvalue weighted by Crippen LogP contribution is -2.64. The molecular weight excluding hydrogens is 466 g/mol. The van der Waals surface area contributed by atoms with Gasteiger partial charge in [0.1, 0.15) is 5.82 Å². The Balaban J connectivity index is 1.63. The minimum Gasteiger partial charge on any atom is -0.391 e. The van der Waals surface area contributed by atoms with E-state index >= 15 is 0 Å². The summed E-state index contributed by atoms with van der Waals surface area (Å²) in [6.07, 6.45) is 0.912. The maximum atomic E-state index is 13.0. The molecule has 0 saturated carbocycles. The molecule has 1 aromatic carbocycles. The van der Waals surface area contributed by atoms with Gasteiger partial charge in [-0.1, -0.05) is 43.6 Å². The second kappa shape index (κ2) is 11.5. The zero-order valence-electron chi connectivity index (χ0n) is 20.8. The van der Waals surface area contributed by atoms with Gasteiger partial charge in [0, 0.05) is 36.8 Å². The van der Waals surface area contributed by atoms with Crippen molar-refractivity contribution in [2.24, 2.45) is 17.6 Å². The Bertz CT molecular complexity index is 1020. The highest BCUT2D eigenvalue weighted by Crippen LogP contribution is 2.31. The van der Waals surface area contributed by atoms with E-state index in [9.17, 15) is 14.7 Å². The van der Waals surface area contributed by atoms with Crippen molar-refractivity contribution in [1.82, 2.24) is 9.88 Å². The van der Waals surface area contributed by atoms with Crippen LogP contribution in [0.4, 0.5) is 11.5 Å². The molecule has 1 saturated heterocycles. The molecular formula is C26H36ClN5O3. The van der Waals surface area contributed by atoms with E-state index in [-0.39, 0.29) is 30.7 Å². The van der Waals surface area contributed by atoms with E-state index in [1.54, 1.807) is 35.4 Å². The van der Waals surface area contributed by atoms with Crippen LogP contribution < -0.4 is 16.0 Å². The van der Waals surface area contributed by atoms with Gasteiger partial charge in [0.15, 0.2) is 0 Å². The fourth-order valence-electron chi connectivity index (χ4n) is 4.39. The van der Waals surface area contributed by atoms with Crippen molar-refractivity contribution in [2.75, 3.05) is 29.9 Å². The van der Waals surface area contributed by atoms with Gasteiger partial charge >= 0.3 is 0 Å². The number of carbonyl (C=O) groups excluding carboxylic acids is 2. The van der Waals surface area contributed by atoms with Gasteiger partial charge in [0.2, 0.25) is 11.8 Å². The fraction of sp³-hybridized carbons (Fsp3) is 0.500. The number of aliphatic hydroxyl groups excluding tert-OH is 1. The van der Waals surface area contributed by atoms with Crippen LogP contribution in [0.25, 0.3) is 0 Å². The number of hydrogen-bond donors (Lipinski definition) is 3. The highest BCUT2D eigenvalue weighted by atomic mass is 35.5. The van der Waals surface area contributed by atoms with Gasteiger partial charge in [-0.15, -0.1) is 0 Å². The zero-order chi connectivity index (χ0) is 25.8. The number of benzene rings is 1. The summed E-state index contributed by atoms with van der Waals surface area (Å²) in [4.78, 5) is 33.7. The third kappa shape index (κ3) is 6.79. The number of hydrogen-bond acceptors (Lipinski definition) is 6. The number of para-hydroxylation sites is 1. The van der Waals surface area contributed by atoms with Crippen LogP contribution in [0, 0.1) is 11.8 Å². The third-order valence-corrected chi connectivity index (χ3v) is 6.97. The maximum Gasteiger partial charge on any atom is 0.241 e. The molecule has 0 bridgehead atoms. The van der Waals surface area contributed by atoms with Gasteiger partial charge in [0.25, 0.3) is 0 Å². The van der Waals surface area contributed by atoms with Gasteiger partial charge in [-0.2, -0.15) is 0 Å². The number of piperazine rings is 1. The number of pyridine rings is 1. The average Bonchev–Trinajstić information content (AvgIpc) is 2.80. The molecule has 3 rings (SSSR count). The minimum atomic E-state index is -0.913. The molecule has 0 aliphatic carbocycles. The number of nitrogens with two attached hydrogens (primary N) is 1. The normalized spacial score (nSPS) is 18.9. The molecule has 8 nitrogen and oxygen atoms in total. The molecule has 4 N–H and O–H groups in total. The van der Waals surface area contributed by atoms with Crippen molar-refractivity contribution in [3.63, 3.8) is 0 Å². The van der Waals surface area contributed by atoms with Crippen molar-refractivity contribution >= 4 is 34.9 Å². The lowest BCUT2D eigenvalue weighted by atomic mass is 9.87. The summed E-state index contributed by atoms with van der Waals surface area (Å²) in [5.74, 6) is -0.246. The molecule has 2 aromatic rings. The van der Waals surface area contributed by atoms with Gasteiger partial charge in [-0.3, -0.25) is 14.5 Å². The molecule has 35 heavy (non-hydrogen) atoms. The Kier molecular flexibility index (Phi) is 8.88. The number of nitrogens with one attached hydrogen (secondary N) is 1. The summed E-state index contributed by atoms with van der Waals surface area (Å²) in [5, 5.41) is 14.3. The van der Waals surface area contributed by atoms with Crippen molar-refractivity contribution in [2.45, 2.75) is 51.8 Å². The number of rotatable bonds is 9. The molecule has 0 radical (unpaired) electrons. The number of amides is 2. The molecule has 0 spiro atoms. The van der Waals surface area contributed by atoms with E-state index in [0.29, 0.717) is 29.6 Å². The summed E-state index contributed by atoms with van der Waals surface area (Å²) in [6.45, 7) is 8.89. The summed E-state index contributed by atoms with van der Waals surface area (Å²) in [7, 11) is 0. The molecule has 1 aliphatic heterocycles. The molecule has 9 heteroatoms. The second-order valence-corrected chi connectivity index (χ2v) is 10.6. The van der Waals surface area contributed by atoms with Crippen LogP contribution in [0.5, 0.6) is 0 Å². The number of anilines is 2. The number of nitrogens with zero attached hydrogens (tertiary/aromatic N) is 3. The lowest BCUT2D eigenvalue weighted by Gasteiger charge is -2.47. The molecule has 0 unspecified atom stereocenters. The minimum absolute atomic E-state index is 0.00209. The van der Waals surface area contributed by atoms with Crippen LogP contribution in [0.15, 0.2) is 48.7 Å². The largest absolute Gasteiger partial charge is 0.391 e. The van der Waals surface area contributed by atoms with Crippen LogP contribution in [0.2, 0.25) is 5.02 Å². The van der Waals surface area contributed by atoms with Crippen LogP contribution in [-0.2, 0) is 9.59 Å². The Hall–Kier alpha value is -2.52. The molecule has 2 amide bonds. The Morgan fingerprint density at radius 2 is 1.91 bits per heavy atom. The van der Waals surface area contributed by atoms with Crippen molar-refractivity contribution < 1.29 is 14.7 Å². The quantitative estimate of drug-likeness (QED) is 0.486. The number of halogens is 1. The molecule has 190 valence electrons. The van der Waals surface area contributed by atoms with Crippen LogP contribution >= 0.6 is 11.6 Å². The maximum absolute atomic E-state index is 13.0. The molecule has 1 aromatic heterocycles. The first-order valence-corrected chi connectivity index (χ1v) is 12.3. The number of aromatic nitrogens is 1. The van der Waals surface area contributed by atoms with Crippen molar-refractivity contribution in [3.8, 4) is 0 Å². The molecule has 2 heterocycles. The second-order valence-electron chi connectivity index (χ2n) is 10.1.